The van der Waals surface area contributed by atoms with E-state index in [-0.39, 0.29) is 11.9 Å². The predicted octanol–water partition coefficient (Wildman–Crippen LogP) is 1.89. The number of aromatic nitrogens is 1. The van der Waals surface area contributed by atoms with Crippen molar-refractivity contribution in [3.8, 4) is 0 Å². The molecule has 1 heterocycles. The Morgan fingerprint density at radius 2 is 2.43 bits per heavy atom. The summed E-state index contributed by atoms with van der Waals surface area (Å²) in [6.45, 7) is 1.90. The van der Waals surface area contributed by atoms with Crippen LogP contribution in [0.5, 0.6) is 0 Å². The van der Waals surface area contributed by atoms with Crippen molar-refractivity contribution in [3.05, 3.63) is 30.1 Å². The van der Waals surface area contributed by atoms with Gasteiger partial charge in [-0.05, 0) is 19.1 Å². The number of rotatable bonds is 4. The Hall–Kier alpha value is -1.09. The van der Waals surface area contributed by atoms with Crippen LogP contribution in [0, 0.1) is 0 Å². The molecular formula is C10H13ClN2O. The van der Waals surface area contributed by atoms with Crippen LogP contribution < -0.4 is 5.32 Å². The van der Waals surface area contributed by atoms with Crippen molar-refractivity contribution in [1.82, 2.24) is 10.3 Å². The maximum atomic E-state index is 11.2. The van der Waals surface area contributed by atoms with Crippen molar-refractivity contribution in [3.63, 3.8) is 0 Å². The van der Waals surface area contributed by atoms with Gasteiger partial charge in [0.2, 0.25) is 5.91 Å². The number of pyridine rings is 1. The third kappa shape index (κ3) is 3.34. The van der Waals surface area contributed by atoms with E-state index in [0.29, 0.717) is 12.3 Å². The van der Waals surface area contributed by atoms with Crippen LogP contribution in [0.25, 0.3) is 0 Å². The Labute approximate surface area is 88.5 Å². The SMILES string of the molecule is C[C@@H](NC(=O)CCCl)c1ccccn1. The summed E-state index contributed by atoms with van der Waals surface area (Å²) in [5.41, 5.74) is 0.857. The maximum absolute atomic E-state index is 11.2. The number of hydrogen-bond donors (Lipinski definition) is 1. The van der Waals surface area contributed by atoms with Crippen LogP contribution in [0.15, 0.2) is 24.4 Å². The number of hydrogen-bond acceptors (Lipinski definition) is 2. The van der Waals surface area contributed by atoms with Gasteiger partial charge in [0.05, 0.1) is 11.7 Å². The van der Waals surface area contributed by atoms with E-state index in [2.05, 4.69) is 10.3 Å². The molecule has 0 aliphatic heterocycles. The quantitative estimate of drug-likeness (QED) is 0.775. The normalized spacial score (nSPS) is 12.1. The monoisotopic (exact) mass is 212 g/mol. The van der Waals surface area contributed by atoms with Gasteiger partial charge in [-0.2, -0.15) is 0 Å². The van der Waals surface area contributed by atoms with Gasteiger partial charge in [-0.25, -0.2) is 0 Å². The van der Waals surface area contributed by atoms with Crippen LogP contribution >= 0.6 is 11.6 Å². The summed E-state index contributed by atoms with van der Waals surface area (Å²) in [7, 11) is 0. The summed E-state index contributed by atoms with van der Waals surface area (Å²) < 4.78 is 0. The Morgan fingerprint density at radius 3 is 3.00 bits per heavy atom. The predicted molar refractivity (Wildman–Crippen MR) is 56.1 cm³/mol. The number of carbonyl (C=O) groups is 1. The molecule has 0 fully saturated rings. The average Bonchev–Trinajstić information content (AvgIpc) is 2.19. The van der Waals surface area contributed by atoms with Gasteiger partial charge in [0, 0.05) is 18.5 Å². The number of carbonyl (C=O) groups excluding carboxylic acids is 1. The minimum Gasteiger partial charge on any atom is -0.348 e. The van der Waals surface area contributed by atoms with Gasteiger partial charge in [0.25, 0.3) is 0 Å². The minimum absolute atomic E-state index is 0.0434. The molecule has 0 aliphatic rings. The Kier molecular flexibility index (Phi) is 4.40. The van der Waals surface area contributed by atoms with Crippen molar-refractivity contribution in [2.45, 2.75) is 19.4 Å². The lowest BCUT2D eigenvalue weighted by atomic mass is 10.2. The van der Waals surface area contributed by atoms with Crippen LogP contribution in [-0.2, 0) is 4.79 Å². The average molecular weight is 213 g/mol. The summed E-state index contributed by atoms with van der Waals surface area (Å²) in [5, 5.41) is 2.81. The molecule has 1 atom stereocenters. The lowest BCUT2D eigenvalue weighted by molar-refractivity contribution is -0.121. The molecule has 0 aromatic carbocycles. The van der Waals surface area contributed by atoms with Crippen LogP contribution in [-0.4, -0.2) is 16.8 Å². The third-order valence-corrected chi connectivity index (χ3v) is 2.02. The highest BCUT2D eigenvalue weighted by Crippen LogP contribution is 2.07. The summed E-state index contributed by atoms with van der Waals surface area (Å²) in [5.74, 6) is 0.305. The van der Waals surface area contributed by atoms with E-state index < -0.39 is 0 Å². The van der Waals surface area contributed by atoms with Crippen molar-refractivity contribution in [1.29, 1.82) is 0 Å². The topological polar surface area (TPSA) is 42.0 Å². The van der Waals surface area contributed by atoms with E-state index in [9.17, 15) is 4.79 Å². The van der Waals surface area contributed by atoms with Gasteiger partial charge < -0.3 is 5.32 Å². The van der Waals surface area contributed by atoms with Gasteiger partial charge in [-0.3, -0.25) is 9.78 Å². The number of alkyl halides is 1. The van der Waals surface area contributed by atoms with Crippen molar-refractivity contribution in [2.75, 3.05) is 5.88 Å². The Bertz CT molecular complexity index is 289. The highest BCUT2D eigenvalue weighted by atomic mass is 35.5. The van der Waals surface area contributed by atoms with E-state index in [0.717, 1.165) is 5.69 Å². The number of amides is 1. The molecule has 3 nitrogen and oxygen atoms in total. The Morgan fingerprint density at radius 1 is 1.64 bits per heavy atom. The smallest absolute Gasteiger partial charge is 0.221 e. The first kappa shape index (κ1) is 11.0. The van der Waals surface area contributed by atoms with Crippen LogP contribution in [0.1, 0.15) is 25.1 Å². The molecule has 0 saturated heterocycles. The molecule has 1 N–H and O–H groups in total. The molecule has 76 valence electrons. The molecule has 1 rings (SSSR count). The van der Waals surface area contributed by atoms with Crippen LogP contribution in [0.3, 0.4) is 0 Å². The summed E-state index contributed by atoms with van der Waals surface area (Å²) in [6.07, 6.45) is 2.05. The van der Waals surface area contributed by atoms with Gasteiger partial charge in [0.1, 0.15) is 0 Å². The second-order valence-corrected chi connectivity index (χ2v) is 3.36. The molecule has 0 spiro atoms. The number of nitrogens with zero attached hydrogens (tertiary/aromatic N) is 1. The third-order valence-electron chi connectivity index (χ3n) is 1.83. The fourth-order valence-corrected chi connectivity index (χ4v) is 1.28. The molecule has 0 bridgehead atoms. The molecule has 0 unspecified atom stereocenters. The largest absolute Gasteiger partial charge is 0.348 e. The van der Waals surface area contributed by atoms with Crippen molar-refractivity contribution < 1.29 is 4.79 Å². The second-order valence-electron chi connectivity index (χ2n) is 2.98. The summed E-state index contributed by atoms with van der Waals surface area (Å²) >= 11 is 5.45. The van der Waals surface area contributed by atoms with Crippen molar-refractivity contribution in [2.24, 2.45) is 0 Å². The Balaban J connectivity index is 2.50. The van der Waals surface area contributed by atoms with Crippen LogP contribution in [0.2, 0.25) is 0 Å². The van der Waals surface area contributed by atoms with E-state index in [1.807, 2.05) is 25.1 Å². The molecule has 0 aliphatic carbocycles. The molecule has 0 saturated carbocycles. The first-order valence-electron chi connectivity index (χ1n) is 4.50. The molecule has 1 amide bonds. The molecule has 4 heteroatoms. The zero-order valence-electron chi connectivity index (χ0n) is 8.03. The molecule has 1 aromatic heterocycles. The highest BCUT2D eigenvalue weighted by molar-refractivity contribution is 6.18. The summed E-state index contributed by atoms with van der Waals surface area (Å²) in [4.78, 5) is 15.3. The standard InChI is InChI=1S/C10H13ClN2O/c1-8(13-10(14)5-6-11)9-4-2-3-7-12-9/h2-4,7-8H,5-6H2,1H3,(H,13,14)/t8-/m1/s1. The zero-order chi connectivity index (χ0) is 10.4. The second kappa shape index (κ2) is 5.60. The molecule has 14 heavy (non-hydrogen) atoms. The van der Waals surface area contributed by atoms with Gasteiger partial charge in [-0.15, -0.1) is 11.6 Å². The van der Waals surface area contributed by atoms with E-state index >= 15 is 0 Å². The van der Waals surface area contributed by atoms with Gasteiger partial charge in [0.15, 0.2) is 0 Å². The van der Waals surface area contributed by atoms with Gasteiger partial charge in [-0.1, -0.05) is 6.07 Å². The minimum atomic E-state index is -0.0630. The van der Waals surface area contributed by atoms with E-state index in [1.165, 1.54) is 0 Å². The first-order chi connectivity index (χ1) is 6.74. The fraction of sp³-hybridized carbons (Fsp3) is 0.400. The highest BCUT2D eigenvalue weighted by Gasteiger charge is 2.08. The molecular weight excluding hydrogens is 200 g/mol. The summed E-state index contributed by atoms with van der Waals surface area (Å²) in [6, 6.07) is 5.56. The number of nitrogens with one attached hydrogen (secondary N) is 1. The van der Waals surface area contributed by atoms with Gasteiger partial charge >= 0.3 is 0 Å². The number of halogens is 1. The lowest BCUT2D eigenvalue weighted by Gasteiger charge is -2.12. The molecule has 1 aromatic rings. The van der Waals surface area contributed by atoms with E-state index in [1.54, 1.807) is 6.20 Å². The fourth-order valence-electron chi connectivity index (χ4n) is 1.11. The lowest BCUT2D eigenvalue weighted by Crippen LogP contribution is -2.27. The van der Waals surface area contributed by atoms with Crippen LogP contribution in [0.4, 0.5) is 0 Å². The first-order valence-corrected chi connectivity index (χ1v) is 5.03. The van der Waals surface area contributed by atoms with Crippen molar-refractivity contribution >= 4 is 17.5 Å². The van der Waals surface area contributed by atoms with E-state index in [4.69, 9.17) is 11.6 Å². The zero-order valence-corrected chi connectivity index (χ0v) is 8.79. The molecule has 0 radical (unpaired) electrons. The maximum Gasteiger partial charge on any atom is 0.221 e.